The molecule has 0 aromatic heterocycles. The van der Waals surface area contributed by atoms with E-state index in [4.69, 9.17) is 0 Å². The number of halogens is 2. The first-order valence-electron chi connectivity index (χ1n) is 7.49. The molecule has 0 unspecified atom stereocenters. The van der Waals surface area contributed by atoms with Gasteiger partial charge in [-0.15, -0.1) is 0 Å². The second kappa shape index (κ2) is 5.66. The molecule has 4 nitrogen and oxygen atoms in total. The molecule has 1 aromatic carbocycles. The second-order valence-corrected chi connectivity index (χ2v) is 6.04. The van der Waals surface area contributed by atoms with Crippen LogP contribution in [-0.4, -0.2) is 34.0 Å². The maximum atomic E-state index is 13.9. The maximum Gasteiger partial charge on any atom is 0.326 e. The lowest BCUT2D eigenvalue weighted by molar-refractivity contribution is -0.141. The van der Waals surface area contributed by atoms with Gasteiger partial charge in [0.15, 0.2) is 0 Å². The fourth-order valence-corrected chi connectivity index (χ4v) is 3.77. The molecule has 1 N–H and O–H groups in total. The van der Waals surface area contributed by atoms with E-state index in [0.29, 0.717) is 12.5 Å². The Kier molecular flexibility index (Phi) is 3.85. The van der Waals surface area contributed by atoms with Gasteiger partial charge in [-0.2, -0.15) is 0 Å². The lowest BCUT2D eigenvalue weighted by Crippen LogP contribution is -2.46. The van der Waals surface area contributed by atoms with Crippen LogP contribution in [0.5, 0.6) is 0 Å². The van der Waals surface area contributed by atoms with Crippen LogP contribution in [0.2, 0.25) is 0 Å². The van der Waals surface area contributed by atoms with Crippen molar-refractivity contribution in [1.29, 1.82) is 0 Å². The third kappa shape index (κ3) is 2.46. The predicted octanol–water partition coefficient (Wildman–Crippen LogP) is 2.82. The van der Waals surface area contributed by atoms with Crippen LogP contribution >= 0.6 is 0 Å². The van der Waals surface area contributed by atoms with Gasteiger partial charge in [-0.05, 0) is 37.3 Å². The standard InChI is InChI=1S/C16H17F2NO3/c17-10-5-6-11(12(18)8-10)15(20)19-13-4-2-1-3-9(13)7-14(19)16(21)22/h5-6,8-9,13-14H,1-4,7H2,(H,21,22)/t9-,13+,14+/m0/s1. The molecule has 0 radical (unpaired) electrons. The van der Waals surface area contributed by atoms with Gasteiger partial charge in [0.2, 0.25) is 0 Å². The number of nitrogens with zero attached hydrogens (tertiary/aromatic N) is 1. The van der Waals surface area contributed by atoms with Crippen molar-refractivity contribution in [2.45, 2.75) is 44.2 Å². The smallest absolute Gasteiger partial charge is 0.326 e. The topological polar surface area (TPSA) is 57.6 Å². The van der Waals surface area contributed by atoms with Gasteiger partial charge in [0.05, 0.1) is 5.56 Å². The number of carbonyl (C=O) groups is 2. The van der Waals surface area contributed by atoms with E-state index < -0.39 is 29.6 Å². The molecule has 22 heavy (non-hydrogen) atoms. The highest BCUT2D eigenvalue weighted by Gasteiger charge is 2.48. The number of amides is 1. The van der Waals surface area contributed by atoms with E-state index in [1.54, 1.807) is 0 Å². The highest BCUT2D eigenvalue weighted by atomic mass is 19.1. The zero-order valence-corrected chi connectivity index (χ0v) is 12.0. The van der Waals surface area contributed by atoms with Crippen LogP contribution in [0.25, 0.3) is 0 Å². The number of carboxylic acids is 1. The summed E-state index contributed by atoms with van der Waals surface area (Å²) in [5.41, 5.74) is -0.265. The van der Waals surface area contributed by atoms with Crippen molar-refractivity contribution < 1.29 is 23.5 Å². The summed E-state index contributed by atoms with van der Waals surface area (Å²) in [7, 11) is 0. The molecule has 6 heteroatoms. The number of fused-ring (bicyclic) bond motifs is 1. The SMILES string of the molecule is O=C(O)[C@H]1C[C@@H]2CCCC[C@H]2N1C(=O)c1ccc(F)cc1F. The van der Waals surface area contributed by atoms with Crippen molar-refractivity contribution in [3.8, 4) is 0 Å². The lowest BCUT2D eigenvalue weighted by Gasteiger charge is -2.33. The van der Waals surface area contributed by atoms with Crippen LogP contribution in [0, 0.1) is 17.6 Å². The Morgan fingerprint density at radius 2 is 1.91 bits per heavy atom. The number of carbonyl (C=O) groups excluding carboxylic acids is 1. The third-order valence-corrected chi connectivity index (χ3v) is 4.77. The van der Waals surface area contributed by atoms with Gasteiger partial charge < -0.3 is 10.0 Å². The highest BCUT2D eigenvalue weighted by molar-refractivity contribution is 5.97. The summed E-state index contributed by atoms with van der Waals surface area (Å²) in [4.78, 5) is 25.4. The number of carboxylic acid groups (broad SMARTS) is 1. The molecule has 2 aliphatic rings. The van der Waals surface area contributed by atoms with Gasteiger partial charge in [0.1, 0.15) is 17.7 Å². The first kappa shape index (κ1) is 14.9. The summed E-state index contributed by atoms with van der Waals surface area (Å²) in [5.74, 6) is -3.28. The first-order valence-corrected chi connectivity index (χ1v) is 7.49. The van der Waals surface area contributed by atoms with E-state index in [0.717, 1.165) is 37.8 Å². The van der Waals surface area contributed by atoms with Gasteiger partial charge in [-0.3, -0.25) is 4.79 Å². The van der Waals surface area contributed by atoms with Gasteiger partial charge in [0, 0.05) is 12.1 Å². The number of rotatable bonds is 2. The van der Waals surface area contributed by atoms with E-state index in [1.165, 1.54) is 4.90 Å². The second-order valence-electron chi connectivity index (χ2n) is 6.04. The van der Waals surface area contributed by atoms with Crippen molar-refractivity contribution >= 4 is 11.9 Å². The number of aliphatic carboxylic acids is 1. The first-order chi connectivity index (χ1) is 10.5. The quantitative estimate of drug-likeness (QED) is 0.914. The number of benzene rings is 1. The van der Waals surface area contributed by atoms with Crippen molar-refractivity contribution in [3.63, 3.8) is 0 Å². The number of likely N-dealkylation sites (tertiary alicyclic amines) is 1. The molecule has 1 saturated heterocycles. The average molecular weight is 309 g/mol. The summed E-state index contributed by atoms with van der Waals surface area (Å²) < 4.78 is 26.9. The summed E-state index contributed by atoms with van der Waals surface area (Å²) in [6, 6.07) is 1.66. The Morgan fingerprint density at radius 1 is 1.18 bits per heavy atom. The Bertz CT molecular complexity index is 619. The van der Waals surface area contributed by atoms with Crippen LogP contribution in [0.4, 0.5) is 8.78 Å². The van der Waals surface area contributed by atoms with Crippen molar-refractivity contribution in [2.24, 2.45) is 5.92 Å². The molecular formula is C16H17F2NO3. The monoisotopic (exact) mass is 309 g/mol. The fraction of sp³-hybridized carbons (Fsp3) is 0.500. The number of hydrogen-bond donors (Lipinski definition) is 1. The molecule has 3 rings (SSSR count). The zero-order valence-electron chi connectivity index (χ0n) is 12.0. The predicted molar refractivity (Wildman–Crippen MR) is 74.3 cm³/mol. The van der Waals surface area contributed by atoms with Crippen LogP contribution in [0.15, 0.2) is 18.2 Å². The molecule has 1 saturated carbocycles. The summed E-state index contributed by atoms with van der Waals surface area (Å²) in [6.07, 6.45) is 4.01. The van der Waals surface area contributed by atoms with E-state index in [1.807, 2.05) is 0 Å². The van der Waals surface area contributed by atoms with E-state index in [9.17, 15) is 23.5 Å². The van der Waals surface area contributed by atoms with Gasteiger partial charge >= 0.3 is 5.97 Å². The molecule has 1 aromatic rings. The largest absolute Gasteiger partial charge is 0.480 e. The van der Waals surface area contributed by atoms with E-state index in [2.05, 4.69) is 0 Å². The van der Waals surface area contributed by atoms with Gasteiger partial charge in [-0.25, -0.2) is 13.6 Å². The summed E-state index contributed by atoms with van der Waals surface area (Å²) >= 11 is 0. The van der Waals surface area contributed by atoms with Gasteiger partial charge in [0.25, 0.3) is 5.91 Å². The van der Waals surface area contributed by atoms with Crippen LogP contribution in [0.1, 0.15) is 42.5 Å². The van der Waals surface area contributed by atoms with Crippen LogP contribution in [-0.2, 0) is 4.79 Å². The molecular weight excluding hydrogens is 292 g/mol. The Morgan fingerprint density at radius 3 is 2.59 bits per heavy atom. The van der Waals surface area contributed by atoms with E-state index >= 15 is 0 Å². The Hall–Kier alpha value is -1.98. The van der Waals surface area contributed by atoms with Crippen molar-refractivity contribution in [1.82, 2.24) is 4.90 Å². The van der Waals surface area contributed by atoms with Crippen LogP contribution in [0.3, 0.4) is 0 Å². The molecule has 0 spiro atoms. The molecule has 1 aliphatic heterocycles. The summed E-state index contributed by atoms with van der Waals surface area (Å²) in [5, 5.41) is 9.39. The van der Waals surface area contributed by atoms with Crippen LogP contribution < -0.4 is 0 Å². The van der Waals surface area contributed by atoms with Crippen molar-refractivity contribution in [3.05, 3.63) is 35.4 Å². The minimum Gasteiger partial charge on any atom is -0.480 e. The zero-order chi connectivity index (χ0) is 15.9. The molecule has 0 bridgehead atoms. The Labute approximate surface area is 126 Å². The Balaban J connectivity index is 1.95. The minimum absolute atomic E-state index is 0.155. The molecule has 1 amide bonds. The van der Waals surface area contributed by atoms with E-state index in [-0.39, 0.29) is 17.5 Å². The fourth-order valence-electron chi connectivity index (χ4n) is 3.77. The molecule has 2 fully saturated rings. The molecule has 1 aliphatic carbocycles. The molecule has 3 atom stereocenters. The average Bonchev–Trinajstić information content (AvgIpc) is 2.86. The minimum atomic E-state index is -1.06. The third-order valence-electron chi connectivity index (χ3n) is 4.77. The van der Waals surface area contributed by atoms with Gasteiger partial charge in [-0.1, -0.05) is 12.8 Å². The lowest BCUT2D eigenvalue weighted by atomic mass is 9.84. The van der Waals surface area contributed by atoms with Crippen molar-refractivity contribution in [2.75, 3.05) is 0 Å². The summed E-state index contributed by atoms with van der Waals surface area (Å²) in [6.45, 7) is 0. The highest BCUT2D eigenvalue weighted by Crippen LogP contribution is 2.40. The maximum absolute atomic E-state index is 13.9. The molecule has 118 valence electrons. The number of hydrogen-bond acceptors (Lipinski definition) is 2. The molecule has 1 heterocycles. The normalized spacial score (nSPS) is 27.5.